The topological polar surface area (TPSA) is 117 Å². The summed E-state index contributed by atoms with van der Waals surface area (Å²) in [5.41, 5.74) is -0.998. The minimum atomic E-state index is -1.58. The average molecular weight is 535 g/mol. The molecule has 38 heavy (non-hydrogen) atoms. The number of nitrogens with zero attached hydrogens (tertiary/aromatic N) is 2. The summed E-state index contributed by atoms with van der Waals surface area (Å²) in [5, 5.41) is 12.6. The van der Waals surface area contributed by atoms with Crippen LogP contribution in [0, 0.1) is 10.1 Å². The number of ether oxygens (including phenoxy) is 4. The molecule has 0 radical (unpaired) electrons. The number of carbonyl (C=O) groups is 2. The number of methoxy groups -OCH3 is 1. The Bertz CT molecular complexity index is 927. The van der Waals surface area contributed by atoms with Crippen LogP contribution in [0.4, 0.5) is 4.79 Å². The quantitative estimate of drug-likeness (QED) is 0.183. The zero-order valence-electron chi connectivity index (χ0n) is 23.1. The third-order valence-corrected chi connectivity index (χ3v) is 7.46. The van der Waals surface area contributed by atoms with Crippen molar-refractivity contribution in [2.45, 2.75) is 94.9 Å². The predicted octanol–water partition coefficient (Wildman–Crippen LogP) is 4.72. The van der Waals surface area contributed by atoms with Gasteiger partial charge in [0.2, 0.25) is 0 Å². The van der Waals surface area contributed by atoms with Crippen LogP contribution in [0.2, 0.25) is 0 Å². The Morgan fingerprint density at radius 1 is 1.13 bits per heavy atom. The molecule has 0 spiro atoms. The molecule has 2 atom stereocenters. The van der Waals surface area contributed by atoms with Crippen molar-refractivity contribution in [2.24, 2.45) is 0 Å². The Labute approximate surface area is 225 Å². The Morgan fingerprint density at radius 3 is 2.42 bits per heavy atom. The second-order valence-corrected chi connectivity index (χ2v) is 11.3. The number of benzene rings is 1. The minimum Gasteiger partial charge on any atom is -0.469 e. The van der Waals surface area contributed by atoms with Crippen LogP contribution in [0.15, 0.2) is 30.3 Å². The fraction of sp³-hybridized carbons (Fsp3) is 0.714. The highest BCUT2D eigenvalue weighted by Crippen LogP contribution is 2.36. The first-order chi connectivity index (χ1) is 18.1. The van der Waals surface area contributed by atoms with Crippen molar-refractivity contribution in [3.63, 3.8) is 0 Å². The van der Waals surface area contributed by atoms with Crippen molar-refractivity contribution in [2.75, 3.05) is 33.5 Å². The van der Waals surface area contributed by atoms with Crippen LogP contribution in [0.25, 0.3) is 0 Å². The van der Waals surface area contributed by atoms with Gasteiger partial charge in [-0.3, -0.25) is 19.8 Å². The van der Waals surface area contributed by atoms with E-state index in [0.29, 0.717) is 18.9 Å². The van der Waals surface area contributed by atoms with Crippen molar-refractivity contribution in [3.05, 3.63) is 46.0 Å². The Morgan fingerprint density at radius 2 is 1.82 bits per heavy atom. The van der Waals surface area contributed by atoms with E-state index >= 15 is 0 Å². The van der Waals surface area contributed by atoms with Gasteiger partial charge in [-0.1, -0.05) is 30.3 Å². The lowest BCUT2D eigenvalue weighted by Gasteiger charge is -2.44. The van der Waals surface area contributed by atoms with Gasteiger partial charge in [-0.05, 0) is 64.4 Å². The summed E-state index contributed by atoms with van der Waals surface area (Å²) in [4.78, 5) is 38.3. The number of hydrogen-bond donors (Lipinski definition) is 0. The molecule has 0 bridgehead atoms. The second kappa shape index (κ2) is 13.4. The summed E-state index contributed by atoms with van der Waals surface area (Å²) in [6, 6.07) is 9.55. The van der Waals surface area contributed by atoms with Gasteiger partial charge in [0, 0.05) is 17.9 Å². The lowest BCUT2D eigenvalue weighted by atomic mass is 9.81. The molecule has 1 heterocycles. The number of esters is 1. The SMILES string of the molecule is COC(=O)CCOCC1([N+](=O)[O-])CCCN(C(=O)OC(C)(C)C)C1COC1CCC(c2ccccc2)CC1. The highest BCUT2D eigenvalue weighted by Gasteiger charge is 2.57. The summed E-state index contributed by atoms with van der Waals surface area (Å²) < 4.78 is 22.2. The Hall–Kier alpha value is -2.72. The van der Waals surface area contributed by atoms with Crippen molar-refractivity contribution in [1.82, 2.24) is 4.90 Å². The summed E-state index contributed by atoms with van der Waals surface area (Å²) in [5.74, 6) is 0.0234. The second-order valence-electron chi connectivity index (χ2n) is 11.3. The number of nitro groups is 1. The molecule has 1 saturated heterocycles. The largest absolute Gasteiger partial charge is 0.469 e. The van der Waals surface area contributed by atoms with Crippen molar-refractivity contribution in [3.8, 4) is 0 Å². The summed E-state index contributed by atoms with van der Waals surface area (Å²) in [7, 11) is 1.28. The molecule has 212 valence electrons. The lowest BCUT2D eigenvalue weighted by molar-refractivity contribution is -0.587. The van der Waals surface area contributed by atoms with Gasteiger partial charge in [-0.15, -0.1) is 0 Å². The van der Waals surface area contributed by atoms with Gasteiger partial charge in [0.1, 0.15) is 18.2 Å². The Kier molecular flexibility index (Phi) is 10.5. The maximum atomic E-state index is 13.2. The zero-order chi connectivity index (χ0) is 27.8. The number of amides is 1. The van der Waals surface area contributed by atoms with E-state index in [0.717, 1.165) is 25.7 Å². The van der Waals surface area contributed by atoms with Crippen LogP contribution in [-0.4, -0.2) is 78.6 Å². The van der Waals surface area contributed by atoms with Gasteiger partial charge >= 0.3 is 12.1 Å². The molecule has 10 nitrogen and oxygen atoms in total. The van der Waals surface area contributed by atoms with Gasteiger partial charge in [0.25, 0.3) is 5.54 Å². The fourth-order valence-corrected chi connectivity index (χ4v) is 5.41. The molecule has 3 rings (SSSR count). The molecule has 1 aliphatic heterocycles. The molecule has 1 aliphatic carbocycles. The van der Waals surface area contributed by atoms with Gasteiger partial charge < -0.3 is 18.9 Å². The smallest absolute Gasteiger partial charge is 0.410 e. The normalized spacial score (nSPS) is 26.0. The van der Waals surface area contributed by atoms with E-state index in [1.165, 1.54) is 17.6 Å². The first-order valence-corrected chi connectivity index (χ1v) is 13.5. The van der Waals surface area contributed by atoms with E-state index in [-0.39, 0.29) is 43.7 Å². The number of likely N-dealkylation sites (tertiary alicyclic amines) is 1. The van der Waals surface area contributed by atoms with Crippen LogP contribution in [0.3, 0.4) is 0 Å². The molecule has 2 fully saturated rings. The maximum absolute atomic E-state index is 13.2. The van der Waals surface area contributed by atoms with Crippen LogP contribution in [-0.2, 0) is 23.7 Å². The molecule has 0 aromatic heterocycles. The monoisotopic (exact) mass is 534 g/mol. The van der Waals surface area contributed by atoms with Crippen LogP contribution in [0.5, 0.6) is 0 Å². The molecule has 2 unspecified atom stereocenters. The summed E-state index contributed by atoms with van der Waals surface area (Å²) in [6.45, 7) is 5.40. The highest BCUT2D eigenvalue weighted by atomic mass is 16.6. The highest BCUT2D eigenvalue weighted by molar-refractivity contribution is 5.69. The third kappa shape index (κ3) is 7.89. The molecular weight excluding hydrogens is 492 g/mol. The fourth-order valence-electron chi connectivity index (χ4n) is 5.41. The molecule has 1 aromatic carbocycles. The van der Waals surface area contributed by atoms with Gasteiger partial charge in [0.15, 0.2) is 0 Å². The van der Waals surface area contributed by atoms with E-state index < -0.39 is 29.2 Å². The van der Waals surface area contributed by atoms with E-state index in [4.69, 9.17) is 14.2 Å². The van der Waals surface area contributed by atoms with Crippen molar-refractivity contribution >= 4 is 12.1 Å². The molecule has 1 saturated carbocycles. The predicted molar refractivity (Wildman–Crippen MR) is 141 cm³/mol. The minimum absolute atomic E-state index is 0.00804. The number of carbonyl (C=O) groups excluding carboxylic acids is 2. The number of piperidine rings is 1. The number of rotatable bonds is 10. The van der Waals surface area contributed by atoms with Crippen molar-refractivity contribution < 1.29 is 33.5 Å². The summed E-state index contributed by atoms with van der Waals surface area (Å²) in [6.07, 6.45) is 3.66. The number of hydrogen-bond acceptors (Lipinski definition) is 8. The third-order valence-electron chi connectivity index (χ3n) is 7.46. The molecular formula is C28H42N2O8. The van der Waals surface area contributed by atoms with E-state index in [2.05, 4.69) is 29.0 Å². The molecule has 2 aliphatic rings. The molecule has 1 aromatic rings. The van der Waals surface area contributed by atoms with Crippen LogP contribution >= 0.6 is 0 Å². The van der Waals surface area contributed by atoms with Gasteiger partial charge in [-0.2, -0.15) is 0 Å². The van der Waals surface area contributed by atoms with E-state index in [1.54, 1.807) is 20.8 Å². The lowest BCUT2D eigenvalue weighted by Crippen LogP contribution is -2.66. The first-order valence-electron chi connectivity index (χ1n) is 13.5. The summed E-state index contributed by atoms with van der Waals surface area (Å²) >= 11 is 0. The van der Waals surface area contributed by atoms with Gasteiger partial charge in [0.05, 0.1) is 32.8 Å². The zero-order valence-corrected chi connectivity index (χ0v) is 23.1. The molecule has 0 N–H and O–H groups in total. The first kappa shape index (κ1) is 29.8. The maximum Gasteiger partial charge on any atom is 0.410 e. The van der Waals surface area contributed by atoms with E-state index in [9.17, 15) is 19.7 Å². The van der Waals surface area contributed by atoms with Crippen LogP contribution in [0.1, 0.15) is 77.2 Å². The van der Waals surface area contributed by atoms with Crippen LogP contribution < -0.4 is 0 Å². The van der Waals surface area contributed by atoms with Gasteiger partial charge in [-0.25, -0.2) is 4.79 Å². The Balaban J connectivity index is 1.72. The molecule has 10 heteroatoms. The van der Waals surface area contributed by atoms with Crippen molar-refractivity contribution in [1.29, 1.82) is 0 Å². The van der Waals surface area contributed by atoms with E-state index in [1.807, 2.05) is 6.07 Å². The average Bonchev–Trinajstić information content (AvgIpc) is 2.89. The standard InChI is InChI=1S/C28H42N2O8/c1-27(2,3)38-26(32)29-17-8-16-28(30(33)34,20-36-18-15-25(31)35-4)24(29)19-37-23-13-11-22(12-14-23)21-9-6-5-7-10-21/h5-7,9-10,22-24H,8,11-20H2,1-4H3. The molecule has 1 amide bonds.